The molecule has 17 heavy (non-hydrogen) atoms. The highest BCUT2D eigenvalue weighted by Crippen LogP contribution is 2.58. The molecule has 0 radical (unpaired) electrons. The van der Waals surface area contributed by atoms with Crippen LogP contribution in [0.5, 0.6) is 0 Å². The van der Waals surface area contributed by atoms with E-state index in [1.807, 2.05) is 4.68 Å². The second kappa shape index (κ2) is 4.62. The third-order valence-electron chi connectivity index (χ3n) is 3.84. The fraction of sp³-hybridized carbons (Fsp3) is 0.769. The molecule has 3 nitrogen and oxygen atoms in total. The lowest BCUT2D eigenvalue weighted by molar-refractivity contribution is 0.397. The largest absolute Gasteiger partial charge is 0.309 e. The summed E-state index contributed by atoms with van der Waals surface area (Å²) < 4.78 is 2.02. The van der Waals surface area contributed by atoms with Crippen molar-refractivity contribution < 1.29 is 0 Å². The minimum Gasteiger partial charge on any atom is -0.309 e. The molecule has 1 heterocycles. The summed E-state index contributed by atoms with van der Waals surface area (Å²) in [4.78, 5) is 0. The highest BCUT2D eigenvalue weighted by molar-refractivity contribution is 6.31. The molecule has 0 aromatic carbocycles. The van der Waals surface area contributed by atoms with Crippen molar-refractivity contribution in [2.45, 2.75) is 46.7 Å². The number of rotatable bonds is 5. The molecule has 0 saturated heterocycles. The molecule has 1 fully saturated rings. The van der Waals surface area contributed by atoms with Crippen LogP contribution in [-0.4, -0.2) is 16.3 Å². The number of aryl methyl sites for hydroxylation is 1. The Kier molecular flexibility index (Phi) is 3.50. The van der Waals surface area contributed by atoms with Crippen molar-refractivity contribution in [3.63, 3.8) is 0 Å². The second-order valence-corrected chi connectivity index (χ2v) is 5.94. The third kappa shape index (κ3) is 2.36. The molecule has 2 rings (SSSR count). The Bertz CT molecular complexity index is 397. The molecule has 0 amide bonds. The van der Waals surface area contributed by atoms with Crippen molar-refractivity contribution in [2.24, 2.45) is 11.3 Å². The van der Waals surface area contributed by atoms with E-state index in [2.05, 4.69) is 38.1 Å². The van der Waals surface area contributed by atoms with Gasteiger partial charge < -0.3 is 5.32 Å². The first-order valence-electron chi connectivity index (χ1n) is 6.45. The number of nitrogens with zero attached hydrogens (tertiary/aromatic N) is 2. The van der Waals surface area contributed by atoms with E-state index in [4.69, 9.17) is 11.6 Å². The zero-order chi connectivity index (χ0) is 12.6. The lowest BCUT2D eigenvalue weighted by atomic mass is 10.0. The van der Waals surface area contributed by atoms with E-state index in [0.29, 0.717) is 17.4 Å². The fourth-order valence-electron chi connectivity index (χ4n) is 2.66. The average molecular weight is 256 g/mol. The molecule has 2 atom stereocenters. The van der Waals surface area contributed by atoms with Crippen molar-refractivity contribution in [3.05, 3.63) is 16.9 Å². The standard InChI is InChI=1S/C13H22ClN3/c1-5-15-11(9-7-13(9,3)4)12-10(14)8-16-17(12)6-2/h8-9,11,15H,5-7H2,1-4H3. The number of hydrogen-bond acceptors (Lipinski definition) is 2. The fourth-order valence-corrected chi connectivity index (χ4v) is 2.92. The van der Waals surface area contributed by atoms with Crippen molar-refractivity contribution in [1.82, 2.24) is 15.1 Å². The van der Waals surface area contributed by atoms with Gasteiger partial charge in [-0.15, -0.1) is 0 Å². The molecular formula is C13H22ClN3. The van der Waals surface area contributed by atoms with Crippen LogP contribution in [0.1, 0.15) is 45.9 Å². The molecule has 1 aliphatic rings. The SMILES string of the molecule is CCNC(c1c(Cl)cnn1CC)C1CC1(C)C. The van der Waals surface area contributed by atoms with Gasteiger partial charge in [-0.2, -0.15) is 5.10 Å². The topological polar surface area (TPSA) is 29.9 Å². The van der Waals surface area contributed by atoms with E-state index in [9.17, 15) is 0 Å². The van der Waals surface area contributed by atoms with Crippen LogP contribution in [-0.2, 0) is 6.54 Å². The summed E-state index contributed by atoms with van der Waals surface area (Å²) >= 11 is 6.30. The Balaban J connectivity index is 2.29. The molecule has 96 valence electrons. The molecule has 1 aliphatic carbocycles. The number of halogens is 1. The molecule has 0 bridgehead atoms. The summed E-state index contributed by atoms with van der Waals surface area (Å²) in [6.07, 6.45) is 3.02. The van der Waals surface area contributed by atoms with Gasteiger partial charge in [-0.3, -0.25) is 4.68 Å². The van der Waals surface area contributed by atoms with Crippen LogP contribution in [0.2, 0.25) is 5.02 Å². The smallest absolute Gasteiger partial charge is 0.0834 e. The molecule has 1 aromatic heterocycles. The van der Waals surface area contributed by atoms with Gasteiger partial charge in [-0.05, 0) is 31.2 Å². The summed E-state index contributed by atoms with van der Waals surface area (Å²) in [5, 5.41) is 8.70. The maximum absolute atomic E-state index is 6.30. The lowest BCUT2D eigenvalue weighted by Crippen LogP contribution is -2.27. The van der Waals surface area contributed by atoms with Crippen molar-refractivity contribution in [2.75, 3.05) is 6.54 Å². The lowest BCUT2D eigenvalue weighted by Gasteiger charge is -2.21. The van der Waals surface area contributed by atoms with Crippen molar-refractivity contribution in [1.29, 1.82) is 0 Å². The molecule has 1 N–H and O–H groups in total. The van der Waals surface area contributed by atoms with E-state index in [1.54, 1.807) is 6.20 Å². The first kappa shape index (κ1) is 12.9. The maximum Gasteiger partial charge on any atom is 0.0834 e. The molecule has 1 saturated carbocycles. The summed E-state index contributed by atoms with van der Waals surface area (Å²) in [5.41, 5.74) is 1.59. The van der Waals surface area contributed by atoms with Gasteiger partial charge in [-0.1, -0.05) is 32.4 Å². The number of hydrogen-bond donors (Lipinski definition) is 1. The van der Waals surface area contributed by atoms with Crippen molar-refractivity contribution >= 4 is 11.6 Å². The first-order valence-corrected chi connectivity index (χ1v) is 6.83. The zero-order valence-corrected chi connectivity index (χ0v) is 11.9. The van der Waals surface area contributed by atoms with Gasteiger partial charge in [0.1, 0.15) is 0 Å². The van der Waals surface area contributed by atoms with Gasteiger partial charge in [-0.25, -0.2) is 0 Å². The molecule has 1 aromatic rings. The quantitative estimate of drug-likeness (QED) is 0.875. The molecule has 0 spiro atoms. The van der Waals surface area contributed by atoms with Gasteiger partial charge in [0.25, 0.3) is 0 Å². The first-order chi connectivity index (χ1) is 8.01. The molecule has 0 aliphatic heterocycles. The van der Waals surface area contributed by atoms with Gasteiger partial charge in [0.05, 0.1) is 23.0 Å². The van der Waals surface area contributed by atoms with Crippen LogP contribution in [0, 0.1) is 11.3 Å². The molecule has 2 unspecified atom stereocenters. The van der Waals surface area contributed by atoms with E-state index >= 15 is 0 Å². The monoisotopic (exact) mass is 255 g/mol. The van der Waals surface area contributed by atoms with Crippen LogP contribution < -0.4 is 5.32 Å². The van der Waals surface area contributed by atoms with Gasteiger partial charge in [0.2, 0.25) is 0 Å². The summed E-state index contributed by atoms with van der Waals surface area (Å²) in [6.45, 7) is 10.7. The minimum atomic E-state index is 0.338. The zero-order valence-electron chi connectivity index (χ0n) is 11.1. The highest BCUT2D eigenvalue weighted by atomic mass is 35.5. The van der Waals surface area contributed by atoms with Crippen LogP contribution >= 0.6 is 11.6 Å². The van der Waals surface area contributed by atoms with E-state index in [1.165, 1.54) is 6.42 Å². The van der Waals surface area contributed by atoms with Gasteiger partial charge >= 0.3 is 0 Å². The Morgan fingerprint density at radius 1 is 1.59 bits per heavy atom. The predicted molar refractivity (Wildman–Crippen MR) is 71.2 cm³/mol. The molecule has 4 heteroatoms. The Morgan fingerprint density at radius 3 is 2.71 bits per heavy atom. The summed E-state index contributed by atoms with van der Waals surface area (Å²) in [6, 6.07) is 0.338. The van der Waals surface area contributed by atoms with Crippen LogP contribution in [0.15, 0.2) is 6.20 Å². The van der Waals surface area contributed by atoms with E-state index < -0.39 is 0 Å². The second-order valence-electron chi connectivity index (χ2n) is 5.53. The summed E-state index contributed by atoms with van der Waals surface area (Å²) in [5.74, 6) is 0.668. The Hall–Kier alpha value is -0.540. The average Bonchev–Trinajstić information content (AvgIpc) is 2.74. The van der Waals surface area contributed by atoms with E-state index in [-0.39, 0.29) is 0 Å². The van der Waals surface area contributed by atoms with Crippen molar-refractivity contribution in [3.8, 4) is 0 Å². The molecular weight excluding hydrogens is 234 g/mol. The number of aromatic nitrogens is 2. The van der Waals surface area contributed by atoms with Crippen LogP contribution in [0.25, 0.3) is 0 Å². The normalized spacial score (nSPS) is 23.7. The predicted octanol–water partition coefficient (Wildman–Crippen LogP) is 3.25. The van der Waals surface area contributed by atoms with Gasteiger partial charge in [0, 0.05) is 6.54 Å². The maximum atomic E-state index is 6.30. The highest BCUT2D eigenvalue weighted by Gasteiger charge is 2.51. The Morgan fingerprint density at radius 2 is 2.24 bits per heavy atom. The Labute approximate surface area is 109 Å². The van der Waals surface area contributed by atoms with Gasteiger partial charge in [0.15, 0.2) is 0 Å². The van der Waals surface area contributed by atoms with Crippen LogP contribution in [0.3, 0.4) is 0 Å². The third-order valence-corrected chi connectivity index (χ3v) is 4.13. The summed E-state index contributed by atoms with van der Waals surface area (Å²) in [7, 11) is 0. The van der Waals surface area contributed by atoms with E-state index in [0.717, 1.165) is 23.8 Å². The van der Waals surface area contributed by atoms with Crippen LogP contribution in [0.4, 0.5) is 0 Å². The minimum absolute atomic E-state index is 0.338. The number of nitrogens with one attached hydrogen (secondary N) is 1.